The number of benzene rings is 2. The smallest absolute Gasteiger partial charge is 0.0295 e. The summed E-state index contributed by atoms with van der Waals surface area (Å²) in [5.74, 6) is 0. The van der Waals surface area contributed by atoms with Gasteiger partial charge in [0, 0.05) is 12.1 Å². The first-order valence-electron chi connectivity index (χ1n) is 6.38. The average molecular weight is 240 g/mol. The molecule has 2 unspecified atom stereocenters. The summed E-state index contributed by atoms with van der Waals surface area (Å²) in [7, 11) is 0. The summed E-state index contributed by atoms with van der Waals surface area (Å²) in [4.78, 5) is 0. The highest BCUT2D eigenvalue weighted by Gasteiger charge is 2.10. The topological polar surface area (TPSA) is 52.0 Å². The molecule has 0 aliphatic heterocycles. The maximum Gasteiger partial charge on any atom is 0.0295 e. The van der Waals surface area contributed by atoms with Crippen LogP contribution in [0.5, 0.6) is 0 Å². The molecule has 0 aliphatic rings. The molecule has 2 aromatic rings. The maximum atomic E-state index is 6.17. The van der Waals surface area contributed by atoms with Gasteiger partial charge in [0.2, 0.25) is 0 Å². The molecule has 0 aliphatic carbocycles. The Hall–Kier alpha value is -1.64. The van der Waals surface area contributed by atoms with Gasteiger partial charge in [-0.3, -0.25) is 0 Å². The van der Waals surface area contributed by atoms with E-state index in [4.69, 9.17) is 11.5 Å². The molecule has 2 nitrogen and oxygen atoms in total. The van der Waals surface area contributed by atoms with E-state index in [9.17, 15) is 0 Å². The summed E-state index contributed by atoms with van der Waals surface area (Å²) < 4.78 is 0. The van der Waals surface area contributed by atoms with Gasteiger partial charge in [-0.1, -0.05) is 60.7 Å². The third-order valence-corrected chi connectivity index (χ3v) is 3.24. The highest BCUT2D eigenvalue weighted by Crippen LogP contribution is 2.21. The zero-order valence-corrected chi connectivity index (χ0v) is 10.5. The molecule has 4 N–H and O–H groups in total. The minimum atomic E-state index is 0.0703. The van der Waals surface area contributed by atoms with Crippen LogP contribution in [-0.2, 0) is 0 Å². The van der Waals surface area contributed by atoms with Gasteiger partial charge in [0.05, 0.1) is 0 Å². The Balaban J connectivity index is 1.89. The molecule has 0 saturated carbocycles. The molecule has 0 spiro atoms. The fraction of sp³-hybridized carbons (Fsp3) is 0.250. The van der Waals surface area contributed by atoms with Crippen molar-refractivity contribution in [1.82, 2.24) is 0 Å². The van der Waals surface area contributed by atoms with Crippen LogP contribution in [0.3, 0.4) is 0 Å². The second-order valence-corrected chi connectivity index (χ2v) is 4.61. The molecule has 0 heterocycles. The van der Waals surface area contributed by atoms with Crippen LogP contribution in [0.1, 0.15) is 36.1 Å². The predicted molar refractivity (Wildman–Crippen MR) is 76.0 cm³/mol. The second-order valence-electron chi connectivity index (χ2n) is 4.61. The van der Waals surface area contributed by atoms with Crippen LogP contribution in [0.25, 0.3) is 0 Å². The maximum absolute atomic E-state index is 6.17. The fourth-order valence-electron chi connectivity index (χ4n) is 2.09. The standard InChI is InChI=1S/C16H20N2/c17-15(13-7-3-1-4-8-13)11-12-16(18)14-9-5-2-6-10-14/h1-10,15-16H,11-12,17-18H2. The number of rotatable bonds is 5. The van der Waals surface area contributed by atoms with Crippen LogP contribution in [-0.4, -0.2) is 0 Å². The van der Waals surface area contributed by atoms with E-state index in [1.54, 1.807) is 0 Å². The zero-order valence-electron chi connectivity index (χ0n) is 10.5. The van der Waals surface area contributed by atoms with Crippen LogP contribution in [0.4, 0.5) is 0 Å². The quantitative estimate of drug-likeness (QED) is 0.843. The Morgan fingerprint density at radius 1 is 0.611 bits per heavy atom. The summed E-state index contributed by atoms with van der Waals surface area (Å²) >= 11 is 0. The van der Waals surface area contributed by atoms with Crippen LogP contribution in [0.2, 0.25) is 0 Å². The Morgan fingerprint density at radius 3 is 1.28 bits per heavy atom. The minimum Gasteiger partial charge on any atom is -0.324 e. The Bertz CT molecular complexity index is 408. The van der Waals surface area contributed by atoms with Gasteiger partial charge in [-0.15, -0.1) is 0 Å². The van der Waals surface area contributed by atoms with Crippen LogP contribution in [0, 0.1) is 0 Å². The Morgan fingerprint density at radius 2 is 0.944 bits per heavy atom. The zero-order chi connectivity index (χ0) is 12.8. The molecule has 2 atom stereocenters. The van der Waals surface area contributed by atoms with Crippen molar-refractivity contribution in [2.24, 2.45) is 11.5 Å². The summed E-state index contributed by atoms with van der Waals surface area (Å²) in [6.45, 7) is 0. The van der Waals surface area contributed by atoms with Crippen LogP contribution >= 0.6 is 0 Å². The summed E-state index contributed by atoms with van der Waals surface area (Å²) in [6.07, 6.45) is 1.81. The van der Waals surface area contributed by atoms with Gasteiger partial charge in [-0.2, -0.15) is 0 Å². The molecular weight excluding hydrogens is 220 g/mol. The monoisotopic (exact) mass is 240 g/mol. The first kappa shape index (κ1) is 12.8. The molecule has 18 heavy (non-hydrogen) atoms. The highest BCUT2D eigenvalue weighted by atomic mass is 14.7. The molecule has 0 radical (unpaired) electrons. The molecule has 0 amide bonds. The van der Waals surface area contributed by atoms with Crippen molar-refractivity contribution in [3.8, 4) is 0 Å². The minimum absolute atomic E-state index is 0.0703. The lowest BCUT2D eigenvalue weighted by Gasteiger charge is -2.16. The Kier molecular flexibility index (Phi) is 4.51. The van der Waals surface area contributed by atoms with Gasteiger partial charge in [-0.05, 0) is 24.0 Å². The van der Waals surface area contributed by atoms with E-state index in [0.717, 1.165) is 12.8 Å². The molecule has 2 aromatic carbocycles. The summed E-state index contributed by atoms with van der Waals surface area (Å²) in [6, 6.07) is 20.5. The van der Waals surface area contributed by atoms with Crippen molar-refractivity contribution in [2.75, 3.05) is 0 Å². The van der Waals surface area contributed by atoms with E-state index in [-0.39, 0.29) is 12.1 Å². The molecular formula is C16H20N2. The number of hydrogen-bond donors (Lipinski definition) is 2. The van der Waals surface area contributed by atoms with E-state index < -0.39 is 0 Å². The third kappa shape index (κ3) is 3.42. The second kappa shape index (κ2) is 6.34. The van der Waals surface area contributed by atoms with Gasteiger partial charge in [0.15, 0.2) is 0 Å². The summed E-state index contributed by atoms with van der Waals surface area (Å²) in [5, 5.41) is 0. The first-order valence-corrected chi connectivity index (χ1v) is 6.38. The summed E-state index contributed by atoms with van der Waals surface area (Å²) in [5.41, 5.74) is 14.7. The fourth-order valence-corrected chi connectivity index (χ4v) is 2.09. The molecule has 0 aromatic heterocycles. The van der Waals surface area contributed by atoms with Gasteiger partial charge in [0.1, 0.15) is 0 Å². The van der Waals surface area contributed by atoms with Crippen molar-refractivity contribution in [3.63, 3.8) is 0 Å². The lowest BCUT2D eigenvalue weighted by Crippen LogP contribution is -2.15. The predicted octanol–water partition coefficient (Wildman–Crippen LogP) is 3.17. The molecule has 2 heteroatoms. The van der Waals surface area contributed by atoms with E-state index in [0.29, 0.717) is 0 Å². The third-order valence-electron chi connectivity index (χ3n) is 3.24. The van der Waals surface area contributed by atoms with Crippen molar-refractivity contribution >= 4 is 0 Å². The molecule has 0 bridgehead atoms. The van der Waals surface area contributed by atoms with Crippen LogP contribution in [0.15, 0.2) is 60.7 Å². The largest absolute Gasteiger partial charge is 0.324 e. The van der Waals surface area contributed by atoms with E-state index in [1.165, 1.54) is 11.1 Å². The van der Waals surface area contributed by atoms with Gasteiger partial charge >= 0.3 is 0 Å². The lowest BCUT2D eigenvalue weighted by atomic mass is 9.97. The molecule has 94 valence electrons. The molecule has 0 saturated heterocycles. The van der Waals surface area contributed by atoms with E-state index in [1.807, 2.05) is 36.4 Å². The van der Waals surface area contributed by atoms with Crippen molar-refractivity contribution in [2.45, 2.75) is 24.9 Å². The van der Waals surface area contributed by atoms with Crippen molar-refractivity contribution in [3.05, 3.63) is 71.8 Å². The Labute approximate surface area is 109 Å². The first-order chi connectivity index (χ1) is 8.77. The number of nitrogens with two attached hydrogens (primary N) is 2. The molecule has 2 rings (SSSR count). The van der Waals surface area contributed by atoms with Gasteiger partial charge in [0.25, 0.3) is 0 Å². The van der Waals surface area contributed by atoms with Gasteiger partial charge < -0.3 is 11.5 Å². The number of hydrogen-bond acceptors (Lipinski definition) is 2. The average Bonchev–Trinajstić information content (AvgIpc) is 2.46. The van der Waals surface area contributed by atoms with E-state index >= 15 is 0 Å². The van der Waals surface area contributed by atoms with Crippen molar-refractivity contribution < 1.29 is 0 Å². The van der Waals surface area contributed by atoms with Crippen LogP contribution < -0.4 is 11.5 Å². The highest BCUT2D eigenvalue weighted by molar-refractivity contribution is 5.20. The lowest BCUT2D eigenvalue weighted by molar-refractivity contribution is 0.546. The molecule has 0 fully saturated rings. The van der Waals surface area contributed by atoms with Gasteiger partial charge in [-0.25, -0.2) is 0 Å². The van der Waals surface area contributed by atoms with Crippen molar-refractivity contribution in [1.29, 1.82) is 0 Å². The SMILES string of the molecule is NC(CCC(N)c1ccccc1)c1ccccc1. The van der Waals surface area contributed by atoms with E-state index in [2.05, 4.69) is 24.3 Å². The normalized spacial score (nSPS) is 14.1.